The fourth-order valence-corrected chi connectivity index (χ4v) is 9.08. The van der Waals surface area contributed by atoms with Crippen molar-refractivity contribution in [3.8, 4) is 0 Å². The maximum Gasteiger partial charge on any atom is 0.236 e. The zero-order chi connectivity index (χ0) is 20.1. The smallest absolute Gasteiger partial charge is 0.236 e. The summed E-state index contributed by atoms with van der Waals surface area (Å²) in [5.74, 6) is 2.31. The predicted octanol–water partition coefficient (Wildman–Crippen LogP) is 3.27. The largest absolute Gasteiger partial charge is 0.342 e. The number of piperidine rings is 1. The Balaban J connectivity index is 1.12. The van der Waals surface area contributed by atoms with Gasteiger partial charge in [0.05, 0.1) is 6.54 Å². The first kappa shape index (κ1) is 20.3. The first-order chi connectivity index (χ1) is 13.9. The van der Waals surface area contributed by atoms with Crippen molar-refractivity contribution in [2.45, 2.75) is 68.5 Å². The highest BCUT2D eigenvalue weighted by atomic mass is 79.9. The van der Waals surface area contributed by atoms with E-state index in [-0.39, 0.29) is 11.3 Å². The topological polar surface area (TPSA) is 43.9 Å². The van der Waals surface area contributed by atoms with Gasteiger partial charge in [-0.25, -0.2) is 0 Å². The van der Waals surface area contributed by atoms with Crippen LogP contribution in [0, 0.1) is 17.3 Å². The minimum absolute atomic E-state index is 0.256. The summed E-state index contributed by atoms with van der Waals surface area (Å²) in [4.78, 5) is 32.1. The van der Waals surface area contributed by atoms with Crippen LogP contribution >= 0.6 is 15.9 Å². The van der Waals surface area contributed by atoms with Gasteiger partial charge >= 0.3 is 0 Å². The van der Waals surface area contributed by atoms with Crippen molar-refractivity contribution in [3.63, 3.8) is 0 Å². The number of likely N-dealkylation sites (tertiary alicyclic amines) is 1. The molecule has 2 saturated heterocycles. The lowest BCUT2D eigenvalue weighted by Crippen LogP contribution is -2.56. The average molecular weight is 466 g/mol. The molecule has 6 fully saturated rings. The molecule has 0 aromatic carbocycles. The molecule has 2 atom stereocenters. The minimum atomic E-state index is 0.256. The first-order valence-electron chi connectivity index (χ1n) is 11.9. The summed E-state index contributed by atoms with van der Waals surface area (Å²) in [5, 5.41) is 0. The van der Waals surface area contributed by atoms with Gasteiger partial charge in [-0.15, -0.1) is 0 Å². The Morgan fingerprint density at radius 1 is 0.793 bits per heavy atom. The van der Waals surface area contributed by atoms with E-state index in [1.165, 1.54) is 44.9 Å². The number of amides is 2. The maximum atomic E-state index is 13.2. The van der Waals surface area contributed by atoms with Gasteiger partial charge in [0, 0.05) is 50.0 Å². The van der Waals surface area contributed by atoms with Crippen molar-refractivity contribution < 1.29 is 9.59 Å². The fraction of sp³-hybridized carbons (Fsp3) is 0.913. The number of piperazine rings is 1. The number of hydrogen-bond donors (Lipinski definition) is 0. The third-order valence-corrected chi connectivity index (χ3v) is 9.36. The van der Waals surface area contributed by atoms with Gasteiger partial charge in [0.25, 0.3) is 0 Å². The van der Waals surface area contributed by atoms with Gasteiger partial charge in [-0.2, -0.15) is 0 Å². The van der Waals surface area contributed by atoms with Crippen molar-refractivity contribution >= 4 is 27.7 Å². The molecule has 29 heavy (non-hydrogen) atoms. The van der Waals surface area contributed by atoms with Crippen LogP contribution < -0.4 is 0 Å². The van der Waals surface area contributed by atoms with Crippen LogP contribution in [0.5, 0.6) is 0 Å². The molecule has 0 radical (unpaired) electrons. The van der Waals surface area contributed by atoms with Crippen LogP contribution in [-0.4, -0.2) is 76.7 Å². The number of alkyl halides is 1. The van der Waals surface area contributed by atoms with E-state index in [4.69, 9.17) is 0 Å². The fourth-order valence-electron chi connectivity index (χ4n) is 7.57. The van der Waals surface area contributed by atoms with Crippen LogP contribution in [0.15, 0.2) is 0 Å². The molecule has 2 unspecified atom stereocenters. The van der Waals surface area contributed by atoms with E-state index in [9.17, 15) is 9.59 Å². The highest BCUT2D eigenvalue weighted by Crippen LogP contribution is 2.65. The number of nitrogens with zero attached hydrogens (tertiary/aromatic N) is 3. The third-order valence-electron chi connectivity index (χ3n) is 8.43. The molecule has 2 aliphatic heterocycles. The van der Waals surface area contributed by atoms with Crippen LogP contribution in [0.3, 0.4) is 0 Å². The quantitative estimate of drug-likeness (QED) is 0.598. The lowest BCUT2D eigenvalue weighted by atomic mass is 9.48. The molecule has 0 N–H and O–H groups in total. The predicted molar refractivity (Wildman–Crippen MR) is 117 cm³/mol. The molecule has 0 aromatic heterocycles. The molecular weight excluding hydrogens is 430 g/mol. The Hall–Kier alpha value is -0.620. The van der Waals surface area contributed by atoms with E-state index in [1.54, 1.807) is 0 Å². The number of halogens is 1. The molecule has 162 valence electrons. The van der Waals surface area contributed by atoms with Gasteiger partial charge in [0.2, 0.25) is 11.8 Å². The summed E-state index contributed by atoms with van der Waals surface area (Å²) in [7, 11) is 0. The summed E-state index contributed by atoms with van der Waals surface area (Å²) < 4.78 is 0.324. The normalized spacial score (nSPS) is 39.8. The molecular formula is C23H36BrN3O2. The van der Waals surface area contributed by atoms with Crippen molar-refractivity contribution in [1.29, 1.82) is 0 Å². The van der Waals surface area contributed by atoms with Crippen LogP contribution in [0.1, 0.15) is 64.2 Å². The van der Waals surface area contributed by atoms with Gasteiger partial charge in [-0.05, 0) is 75.0 Å². The zero-order valence-electron chi connectivity index (χ0n) is 17.7. The second kappa shape index (κ2) is 7.81. The highest BCUT2D eigenvalue weighted by Gasteiger charge is 2.57. The summed E-state index contributed by atoms with van der Waals surface area (Å²) >= 11 is 4.07. The maximum absolute atomic E-state index is 13.2. The molecule has 4 bridgehead atoms. The first-order valence-corrected chi connectivity index (χ1v) is 12.7. The van der Waals surface area contributed by atoms with E-state index in [0.717, 1.165) is 70.4 Å². The summed E-state index contributed by atoms with van der Waals surface area (Å²) in [6, 6.07) is 0. The Bertz CT molecular complexity index is 641. The van der Waals surface area contributed by atoms with E-state index in [0.29, 0.717) is 16.8 Å². The Morgan fingerprint density at radius 2 is 1.41 bits per heavy atom. The Kier molecular flexibility index (Phi) is 5.47. The van der Waals surface area contributed by atoms with Gasteiger partial charge in [-0.3, -0.25) is 14.5 Å². The third kappa shape index (κ3) is 4.26. The standard InChI is InChI=1S/C23H36BrN3O2/c24-23-13-18-10-19(14-23)12-22(11-18,17-23)15-20(28)27-8-6-25(7-9-27)16-21(29)26-4-2-1-3-5-26/h18-19H,1-17H2. The molecule has 6 rings (SSSR count). The van der Waals surface area contributed by atoms with Crippen molar-refractivity contribution in [2.24, 2.45) is 17.3 Å². The molecule has 4 aliphatic carbocycles. The number of rotatable bonds is 4. The van der Waals surface area contributed by atoms with E-state index >= 15 is 0 Å². The SMILES string of the molecule is O=C(CN1CCN(C(=O)CC23CC4CC(CC(Br)(C4)C2)C3)CC1)N1CCCCC1. The summed E-state index contributed by atoms with van der Waals surface area (Å²) in [5.41, 5.74) is 0.256. The van der Waals surface area contributed by atoms with Gasteiger partial charge in [0.15, 0.2) is 0 Å². The molecule has 5 nitrogen and oxygen atoms in total. The number of hydrogen-bond acceptors (Lipinski definition) is 3. The Labute approximate surface area is 183 Å². The second-order valence-corrected chi connectivity index (χ2v) is 12.6. The molecule has 6 aliphatic rings. The second-order valence-electron chi connectivity index (χ2n) is 10.9. The lowest BCUT2D eigenvalue weighted by Gasteiger charge is -2.60. The lowest BCUT2D eigenvalue weighted by molar-refractivity contribution is -0.140. The molecule has 6 heteroatoms. The minimum Gasteiger partial charge on any atom is -0.342 e. The zero-order valence-corrected chi connectivity index (χ0v) is 19.3. The highest BCUT2D eigenvalue weighted by molar-refractivity contribution is 9.10. The van der Waals surface area contributed by atoms with Gasteiger partial charge < -0.3 is 9.80 Å². The number of carbonyl (C=O) groups is 2. The molecule has 4 saturated carbocycles. The van der Waals surface area contributed by atoms with E-state index in [1.807, 2.05) is 4.90 Å². The van der Waals surface area contributed by atoms with Gasteiger partial charge in [-0.1, -0.05) is 15.9 Å². The van der Waals surface area contributed by atoms with Crippen LogP contribution in [0.4, 0.5) is 0 Å². The summed E-state index contributed by atoms with van der Waals surface area (Å²) in [6.45, 7) is 5.63. The van der Waals surface area contributed by atoms with Crippen LogP contribution in [0.2, 0.25) is 0 Å². The molecule has 0 aromatic rings. The van der Waals surface area contributed by atoms with Crippen molar-refractivity contribution in [2.75, 3.05) is 45.8 Å². The van der Waals surface area contributed by atoms with Gasteiger partial charge in [0.1, 0.15) is 0 Å². The van der Waals surface area contributed by atoms with E-state index in [2.05, 4.69) is 25.7 Å². The number of carbonyl (C=O) groups excluding carboxylic acids is 2. The van der Waals surface area contributed by atoms with Crippen molar-refractivity contribution in [1.82, 2.24) is 14.7 Å². The molecule has 2 amide bonds. The molecule has 2 heterocycles. The average Bonchev–Trinajstić information content (AvgIpc) is 2.67. The molecule has 0 spiro atoms. The van der Waals surface area contributed by atoms with Crippen LogP contribution in [0.25, 0.3) is 0 Å². The summed E-state index contributed by atoms with van der Waals surface area (Å²) in [6.07, 6.45) is 12.1. The van der Waals surface area contributed by atoms with Crippen molar-refractivity contribution in [3.05, 3.63) is 0 Å². The van der Waals surface area contributed by atoms with E-state index < -0.39 is 0 Å². The Morgan fingerprint density at radius 3 is 2.03 bits per heavy atom. The van der Waals surface area contributed by atoms with Crippen LogP contribution in [-0.2, 0) is 9.59 Å². The monoisotopic (exact) mass is 465 g/mol.